The molecule has 27 heavy (non-hydrogen) atoms. The molecule has 6 heteroatoms. The van der Waals surface area contributed by atoms with Gasteiger partial charge in [-0.15, -0.1) is 0 Å². The van der Waals surface area contributed by atoms with Crippen molar-refractivity contribution in [1.29, 1.82) is 0 Å². The van der Waals surface area contributed by atoms with E-state index >= 15 is 0 Å². The van der Waals surface area contributed by atoms with E-state index < -0.39 is 0 Å². The number of carbonyl (C=O) groups is 2. The lowest BCUT2D eigenvalue weighted by Gasteiger charge is -2.30. The second-order valence-corrected chi connectivity index (χ2v) is 8.53. The Morgan fingerprint density at radius 1 is 1.00 bits per heavy atom. The Labute approximate surface area is 166 Å². The fourth-order valence-corrected chi connectivity index (χ4v) is 4.76. The van der Waals surface area contributed by atoms with Crippen molar-refractivity contribution in [3.8, 4) is 0 Å². The third-order valence-corrected chi connectivity index (χ3v) is 6.15. The van der Waals surface area contributed by atoms with Crippen LogP contribution in [0.15, 0.2) is 24.3 Å². The zero-order valence-corrected chi connectivity index (χ0v) is 17.0. The molecule has 146 valence electrons. The van der Waals surface area contributed by atoms with Crippen molar-refractivity contribution >= 4 is 34.7 Å². The topological polar surface area (TPSA) is 70.2 Å². The molecule has 3 rings (SSSR count). The van der Waals surface area contributed by atoms with Gasteiger partial charge in [0.1, 0.15) is 5.78 Å². The third-order valence-electron chi connectivity index (χ3n) is 5.95. The molecule has 0 radical (unpaired) electrons. The molecule has 2 saturated carbocycles. The van der Waals surface area contributed by atoms with Gasteiger partial charge in [0, 0.05) is 29.6 Å². The highest BCUT2D eigenvalue weighted by Crippen LogP contribution is 2.50. The first-order valence-corrected chi connectivity index (χ1v) is 10.2. The van der Waals surface area contributed by atoms with Crippen molar-refractivity contribution in [3.63, 3.8) is 0 Å². The van der Waals surface area contributed by atoms with Crippen LogP contribution in [0.3, 0.4) is 0 Å². The van der Waals surface area contributed by atoms with E-state index in [9.17, 15) is 9.59 Å². The minimum absolute atomic E-state index is 0.0142. The monoisotopic (exact) mass is 387 g/mol. The molecule has 1 amide bonds. The number of thiocarbonyl (C=S) groups is 1. The van der Waals surface area contributed by atoms with E-state index in [0.717, 1.165) is 44.2 Å². The maximum absolute atomic E-state index is 12.2. The highest BCUT2D eigenvalue weighted by molar-refractivity contribution is 7.80. The molecule has 1 aromatic carbocycles. The number of anilines is 1. The van der Waals surface area contributed by atoms with Gasteiger partial charge in [0.2, 0.25) is 5.91 Å². The summed E-state index contributed by atoms with van der Waals surface area (Å²) in [6.07, 6.45) is 6.42. The number of amides is 1. The van der Waals surface area contributed by atoms with Crippen LogP contribution in [-0.4, -0.2) is 27.9 Å². The summed E-state index contributed by atoms with van der Waals surface area (Å²) in [5.41, 5.74) is 2.11. The van der Waals surface area contributed by atoms with Crippen LogP contribution in [0.2, 0.25) is 0 Å². The number of aryl methyl sites for hydroxylation is 1. The number of ketones is 1. The summed E-state index contributed by atoms with van der Waals surface area (Å²) in [6, 6.07) is 8.31. The van der Waals surface area contributed by atoms with Crippen molar-refractivity contribution < 1.29 is 9.59 Å². The number of benzene rings is 1. The van der Waals surface area contributed by atoms with Crippen molar-refractivity contribution in [2.24, 2.45) is 0 Å². The molecule has 0 aromatic heterocycles. The summed E-state index contributed by atoms with van der Waals surface area (Å²) in [6.45, 7) is 3.66. The van der Waals surface area contributed by atoms with Crippen molar-refractivity contribution in [1.82, 2.24) is 10.6 Å². The van der Waals surface area contributed by atoms with Crippen LogP contribution in [-0.2, 0) is 16.0 Å². The van der Waals surface area contributed by atoms with E-state index in [0.29, 0.717) is 11.5 Å². The first kappa shape index (κ1) is 19.8. The third kappa shape index (κ3) is 4.86. The summed E-state index contributed by atoms with van der Waals surface area (Å²) in [5.74, 6) is 0.0412. The van der Waals surface area contributed by atoms with E-state index in [1.165, 1.54) is 12.5 Å². The van der Waals surface area contributed by atoms with E-state index in [4.69, 9.17) is 12.2 Å². The average Bonchev–Trinajstić information content (AvgIpc) is 3.15. The molecular formula is C21H29N3O2S. The molecule has 0 saturated heterocycles. The lowest BCUT2D eigenvalue weighted by molar-refractivity contribution is -0.126. The maximum Gasteiger partial charge on any atom is 0.220 e. The van der Waals surface area contributed by atoms with Crippen LogP contribution < -0.4 is 16.0 Å². The quantitative estimate of drug-likeness (QED) is 0.625. The largest absolute Gasteiger partial charge is 0.357 e. The Hall–Kier alpha value is -1.95. The van der Waals surface area contributed by atoms with Crippen LogP contribution in [0.5, 0.6) is 0 Å². The molecule has 0 aliphatic heterocycles. The van der Waals surface area contributed by atoms with Gasteiger partial charge in [-0.1, -0.05) is 19.1 Å². The van der Waals surface area contributed by atoms with Crippen molar-refractivity contribution in [2.75, 3.05) is 5.32 Å². The van der Waals surface area contributed by atoms with E-state index in [1.54, 1.807) is 0 Å². The number of carbonyl (C=O) groups excluding carboxylic acids is 2. The van der Waals surface area contributed by atoms with Crippen LogP contribution in [0, 0.1) is 0 Å². The molecule has 2 fully saturated rings. The predicted molar refractivity (Wildman–Crippen MR) is 112 cm³/mol. The normalized spacial score (nSPS) is 25.9. The molecule has 3 N–H and O–H groups in total. The number of fused-ring (bicyclic) bond motifs is 2. The van der Waals surface area contributed by atoms with Gasteiger partial charge in [0.15, 0.2) is 5.11 Å². The fraction of sp³-hybridized carbons (Fsp3) is 0.571. The standard InChI is InChI=1S/C21H29N3O2S/c1-3-16-5-7-17(8-6-16)22-19(27)24-21-12-10-20(14-21,11-13-21)23-18(26)9-4-15(2)25/h5-8H,3-4,9-14H2,1-2H3,(H,23,26)(H2,22,24,27). The highest BCUT2D eigenvalue weighted by atomic mass is 32.1. The Bertz CT molecular complexity index is 721. The second-order valence-electron chi connectivity index (χ2n) is 8.12. The van der Waals surface area contributed by atoms with Crippen molar-refractivity contribution in [2.45, 2.75) is 76.3 Å². The number of hydrogen-bond acceptors (Lipinski definition) is 3. The van der Waals surface area contributed by atoms with Gasteiger partial charge in [-0.2, -0.15) is 0 Å². The van der Waals surface area contributed by atoms with E-state index in [-0.39, 0.29) is 29.2 Å². The highest BCUT2D eigenvalue weighted by Gasteiger charge is 2.55. The molecule has 0 heterocycles. The predicted octanol–water partition coefficient (Wildman–Crippen LogP) is 3.48. The first-order valence-electron chi connectivity index (χ1n) is 9.82. The van der Waals surface area contributed by atoms with Gasteiger partial charge >= 0.3 is 0 Å². The number of hydrogen-bond donors (Lipinski definition) is 3. The molecule has 5 nitrogen and oxygen atoms in total. The van der Waals surface area contributed by atoms with E-state index in [1.807, 2.05) is 12.1 Å². The minimum atomic E-state index is -0.140. The van der Waals surface area contributed by atoms with Gasteiger partial charge in [0.25, 0.3) is 0 Å². The second kappa shape index (κ2) is 7.97. The van der Waals surface area contributed by atoms with Crippen LogP contribution in [0.25, 0.3) is 0 Å². The lowest BCUT2D eigenvalue weighted by Crippen LogP contribution is -2.47. The van der Waals surface area contributed by atoms with Gasteiger partial charge in [0.05, 0.1) is 0 Å². The number of Topliss-reactive ketones (excluding diaryl/α,β-unsaturated/α-hetero) is 1. The smallest absolute Gasteiger partial charge is 0.220 e. The maximum atomic E-state index is 12.2. The summed E-state index contributed by atoms with van der Waals surface area (Å²) in [5, 5.41) is 10.6. The van der Waals surface area contributed by atoms with Gasteiger partial charge in [-0.25, -0.2) is 0 Å². The average molecular weight is 388 g/mol. The summed E-state index contributed by atoms with van der Waals surface area (Å²) >= 11 is 5.54. The molecule has 2 bridgehead atoms. The van der Waals surface area contributed by atoms with Gasteiger partial charge < -0.3 is 20.7 Å². The molecule has 0 spiro atoms. The lowest BCUT2D eigenvalue weighted by atomic mass is 9.91. The van der Waals surface area contributed by atoms with Crippen LogP contribution in [0.1, 0.15) is 64.4 Å². The number of nitrogens with one attached hydrogen (secondary N) is 3. The summed E-state index contributed by atoms with van der Waals surface area (Å²) in [4.78, 5) is 23.3. The Morgan fingerprint density at radius 3 is 2.15 bits per heavy atom. The molecule has 2 aliphatic rings. The van der Waals surface area contributed by atoms with Gasteiger partial charge in [-0.3, -0.25) is 4.79 Å². The minimum Gasteiger partial charge on any atom is -0.357 e. The summed E-state index contributed by atoms with van der Waals surface area (Å²) in [7, 11) is 0. The zero-order valence-electron chi connectivity index (χ0n) is 16.2. The SMILES string of the molecule is CCc1ccc(NC(=S)NC23CCC(NC(=O)CCC(C)=O)(CC2)C3)cc1. The fourth-order valence-electron chi connectivity index (χ4n) is 4.42. The van der Waals surface area contributed by atoms with Crippen LogP contribution >= 0.6 is 12.2 Å². The molecule has 0 atom stereocenters. The number of rotatable bonds is 7. The Balaban J connectivity index is 1.53. The first-order chi connectivity index (χ1) is 12.8. The Kier molecular flexibility index (Phi) is 5.84. The molecule has 0 unspecified atom stereocenters. The molecular weight excluding hydrogens is 358 g/mol. The Morgan fingerprint density at radius 2 is 1.59 bits per heavy atom. The summed E-state index contributed by atoms with van der Waals surface area (Å²) < 4.78 is 0. The van der Waals surface area contributed by atoms with Gasteiger partial charge in [-0.05, 0) is 75.4 Å². The zero-order chi connectivity index (χ0) is 19.5. The van der Waals surface area contributed by atoms with Crippen LogP contribution in [0.4, 0.5) is 5.69 Å². The molecule has 2 aliphatic carbocycles. The van der Waals surface area contributed by atoms with Crippen molar-refractivity contribution in [3.05, 3.63) is 29.8 Å². The molecule has 1 aromatic rings. The van der Waals surface area contributed by atoms with E-state index in [2.05, 4.69) is 35.0 Å².